The van der Waals surface area contributed by atoms with Crippen LogP contribution in [-0.2, 0) is 16.1 Å². The number of carbonyl (C=O) groups excluding carboxylic acids is 1. The quantitative estimate of drug-likeness (QED) is 0.749. The molecule has 0 aromatic heterocycles. The van der Waals surface area contributed by atoms with Gasteiger partial charge in [-0.05, 0) is 30.7 Å². The number of benzene rings is 1. The molecule has 0 saturated carbocycles. The Balaban J connectivity index is 2.69. The van der Waals surface area contributed by atoms with E-state index in [1.54, 1.807) is 0 Å². The highest BCUT2D eigenvalue weighted by Crippen LogP contribution is 2.14. The van der Waals surface area contributed by atoms with Gasteiger partial charge >= 0.3 is 0 Å². The van der Waals surface area contributed by atoms with Crippen molar-refractivity contribution in [1.82, 2.24) is 0 Å². The molecule has 0 aliphatic carbocycles. The average Bonchev–Trinajstić information content (AvgIpc) is 2.16. The lowest BCUT2D eigenvalue weighted by atomic mass is 10.2. The van der Waals surface area contributed by atoms with Crippen molar-refractivity contribution >= 4 is 16.8 Å². The van der Waals surface area contributed by atoms with Gasteiger partial charge in [-0.3, -0.25) is 4.79 Å². The molecule has 0 saturated heterocycles. The standard InChI is InChI=1S/C10H9ClF2O2/c1-6(10(11)14)15-5-7-8(12)3-2-4-9(7)13/h2-4,6H,5H2,1H3/t6-/m0/s1. The fraction of sp³-hybridized carbons (Fsp3) is 0.300. The molecule has 0 spiro atoms. The van der Waals surface area contributed by atoms with Gasteiger partial charge in [0, 0.05) is 5.56 Å². The molecule has 1 rings (SSSR count). The summed E-state index contributed by atoms with van der Waals surface area (Å²) < 4.78 is 31.0. The van der Waals surface area contributed by atoms with Gasteiger partial charge in [-0.15, -0.1) is 0 Å². The van der Waals surface area contributed by atoms with Crippen molar-refractivity contribution in [2.24, 2.45) is 0 Å². The Labute approximate surface area is 90.8 Å². The average molecular weight is 235 g/mol. The summed E-state index contributed by atoms with van der Waals surface area (Å²) in [5.74, 6) is -1.41. The van der Waals surface area contributed by atoms with Crippen molar-refractivity contribution in [2.45, 2.75) is 19.6 Å². The van der Waals surface area contributed by atoms with Crippen molar-refractivity contribution in [1.29, 1.82) is 0 Å². The monoisotopic (exact) mass is 234 g/mol. The SMILES string of the molecule is C[C@H](OCc1c(F)cccc1F)C(=O)Cl. The lowest BCUT2D eigenvalue weighted by molar-refractivity contribution is -0.122. The molecule has 1 aromatic rings. The van der Waals surface area contributed by atoms with Gasteiger partial charge in [0.05, 0.1) is 6.61 Å². The van der Waals surface area contributed by atoms with Crippen LogP contribution in [-0.4, -0.2) is 11.3 Å². The maximum absolute atomic E-state index is 13.1. The van der Waals surface area contributed by atoms with Crippen LogP contribution in [0.1, 0.15) is 12.5 Å². The molecule has 5 heteroatoms. The van der Waals surface area contributed by atoms with E-state index in [2.05, 4.69) is 0 Å². The number of carbonyl (C=O) groups is 1. The Kier molecular flexibility index (Phi) is 4.17. The number of hydrogen-bond donors (Lipinski definition) is 0. The molecule has 82 valence electrons. The molecule has 1 aromatic carbocycles. The molecule has 0 aliphatic rings. The van der Waals surface area contributed by atoms with E-state index in [1.807, 2.05) is 0 Å². The van der Waals surface area contributed by atoms with Crippen LogP contribution in [0.4, 0.5) is 8.78 Å². The van der Waals surface area contributed by atoms with E-state index in [0.29, 0.717) is 0 Å². The second-order valence-electron chi connectivity index (χ2n) is 2.96. The van der Waals surface area contributed by atoms with Gasteiger partial charge in [0.25, 0.3) is 0 Å². The molecule has 0 fully saturated rings. The van der Waals surface area contributed by atoms with Crippen LogP contribution in [0.25, 0.3) is 0 Å². The lowest BCUT2D eigenvalue weighted by Gasteiger charge is -2.09. The molecular formula is C10H9ClF2O2. The predicted molar refractivity (Wildman–Crippen MR) is 51.5 cm³/mol. The van der Waals surface area contributed by atoms with E-state index < -0.39 is 23.0 Å². The number of ether oxygens (including phenoxy) is 1. The minimum Gasteiger partial charge on any atom is -0.364 e. The van der Waals surface area contributed by atoms with E-state index in [-0.39, 0.29) is 12.2 Å². The fourth-order valence-electron chi connectivity index (χ4n) is 0.944. The van der Waals surface area contributed by atoms with Crippen molar-refractivity contribution in [3.05, 3.63) is 35.4 Å². The second kappa shape index (κ2) is 5.19. The van der Waals surface area contributed by atoms with Crippen LogP contribution in [0.3, 0.4) is 0 Å². The van der Waals surface area contributed by atoms with E-state index in [1.165, 1.54) is 13.0 Å². The number of hydrogen-bond acceptors (Lipinski definition) is 2. The van der Waals surface area contributed by atoms with Gasteiger partial charge in [0.15, 0.2) is 0 Å². The number of rotatable bonds is 4. The summed E-state index contributed by atoms with van der Waals surface area (Å²) in [5, 5.41) is -0.702. The first-order chi connectivity index (χ1) is 7.02. The minimum absolute atomic E-state index is 0.206. The molecule has 0 heterocycles. The first kappa shape index (κ1) is 12.1. The van der Waals surface area contributed by atoms with Gasteiger partial charge in [0.1, 0.15) is 17.7 Å². The fourth-order valence-corrected chi connectivity index (χ4v) is 1.01. The van der Waals surface area contributed by atoms with Crippen LogP contribution < -0.4 is 0 Å². The summed E-state index contributed by atoms with van der Waals surface area (Å²) in [6, 6.07) is 3.49. The third-order valence-corrected chi connectivity index (χ3v) is 2.17. The minimum atomic E-state index is -0.884. The third-order valence-electron chi connectivity index (χ3n) is 1.86. The highest BCUT2D eigenvalue weighted by Gasteiger charge is 2.13. The third kappa shape index (κ3) is 3.25. The predicted octanol–water partition coefficient (Wildman–Crippen LogP) is 2.64. The first-order valence-corrected chi connectivity index (χ1v) is 4.64. The summed E-state index contributed by atoms with van der Waals surface area (Å²) >= 11 is 5.12. The van der Waals surface area contributed by atoms with Crippen molar-refractivity contribution < 1.29 is 18.3 Å². The molecule has 0 bridgehead atoms. The Morgan fingerprint density at radius 3 is 2.47 bits per heavy atom. The zero-order valence-electron chi connectivity index (χ0n) is 7.97. The molecule has 0 unspecified atom stereocenters. The molecule has 15 heavy (non-hydrogen) atoms. The topological polar surface area (TPSA) is 26.3 Å². The largest absolute Gasteiger partial charge is 0.364 e. The molecule has 0 aliphatic heterocycles. The first-order valence-electron chi connectivity index (χ1n) is 4.26. The molecule has 0 N–H and O–H groups in total. The zero-order chi connectivity index (χ0) is 11.4. The summed E-state index contributed by atoms with van der Waals surface area (Å²) in [6.07, 6.45) is -0.884. The Morgan fingerprint density at radius 2 is 2.00 bits per heavy atom. The Hall–Kier alpha value is -1.000. The van der Waals surface area contributed by atoms with Crippen molar-refractivity contribution in [3.63, 3.8) is 0 Å². The number of halogens is 3. The van der Waals surface area contributed by atoms with Crippen LogP contribution in [0, 0.1) is 11.6 Å². The van der Waals surface area contributed by atoms with Crippen LogP contribution >= 0.6 is 11.6 Å². The Morgan fingerprint density at radius 1 is 1.47 bits per heavy atom. The summed E-state index contributed by atoms with van der Waals surface area (Å²) in [6.45, 7) is 1.09. The highest BCUT2D eigenvalue weighted by molar-refractivity contribution is 6.64. The summed E-state index contributed by atoms with van der Waals surface area (Å²) in [7, 11) is 0. The maximum Gasteiger partial charge on any atom is 0.250 e. The van der Waals surface area contributed by atoms with E-state index in [0.717, 1.165) is 12.1 Å². The van der Waals surface area contributed by atoms with Crippen molar-refractivity contribution in [3.8, 4) is 0 Å². The zero-order valence-corrected chi connectivity index (χ0v) is 8.72. The molecule has 0 radical (unpaired) electrons. The summed E-state index contributed by atoms with van der Waals surface area (Å²) in [5.41, 5.74) is -0.206. The van der Waals surface area contributed by atoms with E-state index in [9.17, 15) is 13.6 Å². The van der Waals surface area contributed by atoms with Crippen molar-refractivity contribution in [2.75, 3.05) is 0 Å². The van der Waals surface area contributed by atoms with Gasteiger partial charge in [-0.2, -0.15) is 0 Å². The van der Waals surface area contributed by atoms with E-state index >= 15 is 0 Å². The van der Waals surface area contributed by atoms with Gasteiger partial charge in [-0.1, -0.05) is 6.07 Å². The van der Waals surface area contributed by atoms with Gasteiger partial charge < -0.3 is 4.74 Å². The molecule has 0 amide bonds. The highest BCUT2D eigenvalue weighted by atomic mass is 35.5. The van der Waals surface area contributed by atoms with Crippen LogP contribution in [0.2, 0.25) is 0 Å². The normalized spacial score (nSPS) is 12.5. The maximum atomic E-state index is 13.1. The smallest absolute Gasteiger partial charge is 0.250 e. The van der Waals surface area contributed by atoms with Gasteiger partial charge in [-0.25, -0.2) is 8.78 Å². The van der Waals surface area contributed by atoms with E-state index in [4.69, 9.17) is 16.3 Å². The van der Waals surface area contributed by atoms with Crippen LogP contribution in [0.15, 0.2) is 18.2 Å². The second-order valence-corrected chi connectivity index (χ2v) is 3.33. The molecule has 2 nitrogen and oxygen atoms in total. The molecule has 1 atom stereocenters. The Bertz CT molecular complexity index is 348. The lowest BCUT2D eigenvalue weighted by Crippen LogP contribution is -2.16. The summed E-state index contributed by atoms with van der Waals surface area (Å²) in [4.78, 5) is 10.6. The van der Waals surface area contributed by atoms with Crippen LogP contribution in [0.5, 0.6) is 0 Å². The van der Waals surface area contributed by atoms with Gasteiger partial charge in [0.2, 0.25) is 5.24 Å². The molecular weight excluding hydrogens is 226 g/mol.